The van der Waals surface area contributed by atoms with Gasteiger partial charge in [-0.1, -0.05) is 11.2 Å². The molecule has 0 bridgehead atoms. The van der Waals surface area contributed by atoms with E-state index in [1.54, 1.807) is 17.7 Å². The number of carbonyl (C=O) groups excluding carboxylic acids is 1. The lowest BCUT2D eigenvalue weighted by Gasteiger charge is -2.31. The van der Waals surface area contributed by atoms with Gasteiger partial charge in [0.15, 0.2) is 5.82 Å². The molecule has 27 heavy (non-hydrogen) atoms. The maximum absolute atomic E-state index is 12.6. The van der Waals surface area contributed by atoms with Gasteiger partial charge in [-0.25, -0.2) is 0 Å². The standard InChI is InChI=1S/C19H26N4O4/c1-14-5-3-7-18(25)23(14)11-8-17(24)22-10-4-6-15(13-22)19-20-16(21-27-19)9-12-26-2/h3,5,7,15H,4,6,8-13H2,1-2H3. The molecular weight excluding hydrogens is 348 g/mol. The molecule has 1 aliphatic heterocycles. The monoisotopic (exact) mass is 374 g/mol. The lowest BCUT2D eigenvalue weighted by molar-refractivity contribution is -0.132. The van der Waals surface area contributed by atoms with Crippen LogP contribution in [0.3, 0.4) is 0 Å². The molecule has 8 heteroatoms. The number of ether oxygens (including phenoxy) is 1. The zero-order chi connectivity index (χ0) is 19.2. The minimum atomic E-state index is -0.0752. The number of carbonyl (C=O) groups is 1. The van der Waals surface area contributed by atoms with Crippen molar-refractivity contribution in [3.8, 4) is 0 Å². The van der Waals surface area contributed by atoms with Crippen LogP contribution in [0.15, 0.2) is 27.5 Å². The molecule has 8 nitrogen and oxygen atoms in total. The second-order valence-electron chi connectivity index (χ2n) is 6.88. The Kier molecular flexibility index (Phi) is 6.39. The number of methoxy groups -OCH3 is 1. The first-order valence-corrected chi connectivity index (χ1v) is 9.34. The van der Waals surface area contributed by atoms with Gasteiger partial charge in [-0.15, -0.1) is 0 Å². The van der Waals surface area contributed by atoms with Gasteiger partial charge in [0.1, 0.15) is 0 Å². The molecule has 1 unspecified atom stereocenters. The van der Waals surface area contributed by atoms with E-state index in [1.807, 2.05) is 17.9 Å². The summed E-state index contributed by atoms with van der Waals surface area (Å²) in [5.74, 6) is 1.34. The first-order chi connectivity index (χ1) is 13.1. The van der Waals surface area contributed by atoms with Crippen LogP contribution in [0.4, 0.5) is 0 Å². The first kappa shape index (κ1) is 19.3. The highest BCUT2D eigenvalue weighted by Gasteiger charge is 2.28. The van der Waals surface area contributed by atoms with Gasteiger partial charge in [0, 0.05) is 51.3 Å². The third-order valence-corrected chi connectivity index (χ3v) is 4.95. The van der Waals surface area contributed by atoms with Gasteiger partial charge in [-0.3, -0.25) is 9.59 Å². The van der Waals surface area contributed by atoms with E-state index >= 15 is 0 Å². The SMILES string of the molecule is COCCc1noc(C2CCCN(C(=O)CCn3c(C)cccc3=O)C2)n1. The topological polar surface area (TPSA) is 90.5 Å². The fourth-order valence-electron chi connectivity index (χ4n) is 3.41. The van der Waals surface area contributed by atoms with Crippen LogP contribution < -0.4 is 5.56 Å². The van der Waals surface area contributed by atoms with E-state index in [-0.39, 0.29) is 17.4 Å². The summed E-state index contributed by atoms with van der Waals surface area (Å²) in [7, 11) is 1.64. The predicted octanol–water partition coefficient (Wildman–Crippen LogP) is 1.52. The van der Waals surface area contributed by atoms with E-state index in [4.69, 9.17) is 9.26 Å². The molecule has 146 valence electrons. The van der Waals surface area contributed by atoms with Crippen LogP contribution in [-0.2, 0) is 22.5 Å². The van der Waals surface area contributed by atoms with Crippen molar-refractivity contribution < 1.29 is 14.1 Å². The highest BCUT2D eigenvalue weighted by Crippen LogP contribution is 2.26. The molecule has 0 radical (unpaired) electrons. The molecule has 0 N–H and O–H groups in total. The molecule has 0 saturated carbocycles. The Morgan fingerprint density at radius 3 is 3.04 bits per heavy atom. The normalized spacial score (nSPS) is 17.3. The molecule has 2 aromatic rings. The number of aryl methyl sites for hydroxylation is 1. The van der Waals surface area contributed by atoms with Crippen molar-refractivity contribution in [1.29, 1.82) is 0 Å². The number of rotatable bonds is 7. The Bertz CT molecular complexity index is 829. The lowest BCUT2D eigenvalue weighted by Crippen LogP contribution is -2.40. The van der Waals surface area contributed by atoms with Crippen molar-refractivity contribution in [2.75, 3.05) is 26.8 Å². The summed E-state index contributed by atoms with van der Waals surface area (Å²) in [6, 6.07) is 5.13. The van der Waals surface area contributed by atoms with Gasteiger partial charge in [0.2, 0.25) is 11.8 Å². The molecular formula is C19H26N4O4. The Hall–Kier alpha value is -2.48. The molecule has 1 saturated heterocycles. The number of nitrogens with zero attached hydrogens (tertiary/aromatic N) is 4. The van der Waals surface area contributed by atoms with E-state index in [9.17, 15) is 9.59 Å². The van der Waals surface area contributed by atoms with Crippen molar-refractivity contribution in [2.45, 2.75) is 45.1 Å². The fraction of sp³-hybridized carbons (Fsp3) is 0.579. The molecule has 0 aromatic carbocycles. The Labute approximate surface area is 158 Å². The minimum absolute atomic E-state index is 0.0500. The van der Waals surface area contributed by atoms with E-state index < -0.39 is 0 Å². The van der Waals surface area contributed by atoms with Gasteiger partial charge in [0.05, 0.1) is 12.5 Å². The van der Waals surface area contributed by atoms with Crippen molar-refractivity contribution in [3.63, 3.8) is 0 Å². The molecule has 1 amide bonds. The highest BCUT2D eigenvalue weighted by atomic mass is 16.5. The zero-order valence-electron chi connectivity index (χ0n) is 15.9. The average Bonchev–Trinajstić information content (AvgIpc) is 3.15. The summed E-state index contributed by atoms with van der Waals surface area (Å²) in [5.41, 5.74) is 0.787. The highest BCUT2D eigenvalue weighted by molar-refractivity contribution is 5.76. The van der Waals surface area contributed by atoms with Crippen molar-refractivity contribution in [2.24, 2.45) is 0 Å². The second-order valence-corrected chi connectivity index (χ2v) is 6.88. The van der Waals surface area contributed by atoms with Gasteiger partial charge in [0.25, 0.3) is 5.56 Å². The van der Waals surface area contributed by atoms with Crippen LogP contribution in [-0.4, -0.2) is 52.3 Å². The van der Waals surface area contributed by atoms with Crippen LogP contribution in [0.5, 0.6) is 0 Å². The summed E-state index contributed by atoms with van der Waals surface area (Å²) in [6.45, 7) is 4.12. The molecule has 1 atom stereocenters. The maximum atomic E-state index is 12.6. The average molecular weight is 374 g/mol. The number of hydrogen-bond acceptors (Lipinski definition) is 6. The van der Waals surface area contributed by atoms with Crippen LogP contribution in [0.25, 0.3) is 0 Å². The van der Waals surface area contributed by atoms with Crippen LogP contribution in [0.2, 0.25) is 0 Å². The minimum Gasteiger partial charge on any atom is -0.384 e. The van der Waals surface area contributed by atoms with Gasteiger partial charge in [-0.2, -0.15) is 4.98 Å². The maximum Gasteiger partial charge on any atom is 0.250 e. The number of piperidine rings is 1. The predicted molar refractivity (Wildman–Crippen MR) is 98.5 cm³/mol. The van der Waals surface area contributed by atoms with E-state index in [0.29, 0.717) is 44.3 Å². The quantitative estimate of drug-likeness (QED) is 0.730. The smallest absolute Gasteiger partial charge is 0.250 e. The third kappa shape index (κ3) is 4.82. The number of likely N-dealkylation sites (tertiary alicyclic amines) is 1. The van der Waals surface area contributed by atoms with E-state index in [2.05, 4.69) is 10.1 Å². The van der Waals surface area contributed by atoms with Crippen molar-refractivity contribution >= 4 is 5.91 Å². The van der Waals surface area contributed by atoms with Crippen LogP contribution in [0.1, 0.15) is 42.6 Å². The van der Waals surface area contributed by atoms with Crippen molar-refractivity contribution in [3.05, 3.63) is 46.0 Å². The zero-order valence-corrected chi connectivity index (χ0v) is 15.9. The Morgan fingerprint density at radius 1 is 1.41 bits per heavy atom. The summed E-state index contributed by atoms with van der Waals surface area (Å²) in [5, 5.41) is 3.99. The van der Waals surface area contributed by atoms with Gasteiger partial charge in [-0.05, 0) is 25.8 Å². The first-order valence-electron chi connectivity index (χ1n) is 9.34. The number of pyridine rings is 1. The van der Waals surface area contributed by atoms with Crippen LogP contribution in [0, 0.1) is 6.92 Å². The molecule has 0 aliphatic carbocycles. The largest absolute Gasteiger partial charge is 0.384 e. The van der Waals surface area contributed by atoms with E-state index in [0.717, 1.165) is 25.1 Å². The number of amides is 1. The molecule has 2 aromatic heterocycles. The lowest BCUT2D eigenvalue weighted by atomic mass is 9.97. The molecule has 0 spiro atoms. The van der Waals surface area contributed by atoms with Gasteiger partial charge >= 0.3 is 0 Å². The van der Waals surface area contributed by atoms with Crippen molar-refractivity contribution in [1.82, 2.24) is 19.6 Å². The molecule has 1 aliphatic rings. The number of hydrogen-bond donors (Lipinski definition) is 0. The molecule has 3 rings (SSSR count). The summed E-state index contributed by atoms with van der Waals surface area (Å²) in [6.07, 6.45) is 2.74. The fourth-order valence-corrected chi connectivity index (χ4v) is 3.41. The second kappa shape index (κ2) is 8.94. The number of aromatic nitrogens is 3. The third-order valence-electron chi connectivity index (χ3n) is 4.95. The Balaban J connectivity index is 1.58. The molecule has 3 heterocycles. The summed E-state index contributed by atoms with van der Waals surface area (Å²) < 4.78 is 12.1. The molecule has 1 fully saturated rings. The Morgan fingerprint density at radius 2 is 2.26 bits per heavy atom. The summed E-state index contributed by atoms with van der Waals surface area (Å²) >= 11 is 0. The van der Waals surface area contributed by atoms with Crippen LogP contribution >= 0.6 is 0 Å². The van der Waals surface area contributed by atoms with Gasteiger partial charge < -0.3 is 18.7 Å². The van der Waals surface area contributed by atoms with E-state index in [1.165, 1.54) is 6.07 Å². The summed E-state index contributed by atoms with van der Waals surface area (Å²) in [4.78, 5) is 30.9.